The first kappa shape index (κ1) is 13.9. The normalized spacial score (nSPS) is 23.1. The van der Waals surface area contributed by atoms with Crippen molar-refractivity contribution in [2.45, 2.75) is 43.8 Å². The van der Waals surface area contributed by atoms with E-state index in [1.165, 1.54) is 0 Å². The van der Waals surface area contributed by atoms with Crippen molar-refractivity contribution in [1.82, 2.24) is 0 Å². The molecule has 0 radical (unpaired) electrons. The molecule has 98 valence electrons. The second kappa shape index (κ2) is 4.56. The molecule has 0 bridgehead atoms. The van der Waals surface area contributed by atoms with Crippen molar-refractivity contribution >= 4 is 23.8 Å². The highest BCUT2D eigenvalue weighted by molar-refractivity contribution is 7.90. The molecule has 0 unspecified atom stereocenters. The Hall–Kier alpha value is -0.485. The third kappa shape index (κ3) is 2.45. The molecule has 2 rings (SSSR count). The molecule has 0 amide bonds. The Morgan fingerprint density at radius 1 is 1.00 bits per heavy atom. The van der Waals surface area contributed by atoms with E-state index in [2.05, 4.69) is 0 Å². The third-order valence-electron chi connectivity index (χ3n) is 3.74. The molecule has 0 spiro atoms. The SMILES string of the molecule is C[S@@+]([O-])c1ccc(B2OC(C)(C)C(C)(C)O2)cc1. The van der Waals surface area contributed by atoms with Gasteiger partial charge in [0.25, 0.3) is 0 Å². The van der Waals surface area contributed by atoms with Gasteiger partial charge in [0.15, 0.2) is 4.90 Å². The highest BCUT2D eigenvalue weighted by atomic mass is 32.2. The molecule has 5 heteroatoms. The van der Waals surface area contributed by atoms with E-state index in [9.17, 15) is 4.55 Å². The average molecular weight is 266 g/mol. The fourth-order valence-corrected chi connectivity index (χ4v) is 2.32. The molecule has 1 aromatic carbocycles. The van der Waals surface area contributed by atoms with Crippen LogP contribution in [0.4, 0.5) is 0 Å². The zero-order valence-electron chi connectivity index (χ0n) is 11.5. The quantitative estimate of drug-likeness (QED) is 0.604. The van der Waals surface area contributed by atoms with E-state index in [1.54, 1.807) is 6.26 Å². The van der Waals surface area contributed by atoms with Crippen molar-refractivity contribution in [3.63, 3.8) is 0 Å². The summed E-state index contributed by atoms with van der Waals surface area (Å²) in [6.45, 7) is 8.12. The van der Waals surface area contributed by atoms with Gasteiger partial charge in [-0.05, 0) is 56.5 Å². The van der Waals surface area contributed by atoms with Gasteiger partial charge in [0.2, 0.25) is 0 Å². The van der Waals surface area contributed by atoms with Crippen molar-refractivity contribution in [3.8, 4) is 0 Å². The predicted octanol–water partition coefficient (Wildman–Crippen LogP) is 1.72. The summed E-state index contributed by atoms with van der Waals surface area (Å²) in [5, 5.41) is 0. The lowest BCUT2D eigenvalue weighted by Crippen LogP contribution is -2.41. The second-order valence-electron chi connectivity index (χ2n) is 5.61. The van der Waals surface area contributed by atoms with Gasteiger partial charge in [0.05, 0.1) is 11.2 Å². The predicted molar refractivity (Wildman–Crippen MR) is 74.5 cm³/mol. The summed E-state index contributed by atoms with van der Waals surface area (Å²) >= 11 is -0.951. The molecule has 0 aromatic heterocycles. The van der Waals surface area contributed by atoms with Crippen LogP contribution in [-0.2, 0) is 20.5 Å². The monoisotopic (exact) mass is 266 g/mol. The first-order chi connectivity index (χ1) is 8.23. The molecule has 1 atom stereocenters. The minimum Gasteiger partial charge on any atom is -0.612 e. The van der Waals surface area contributed by atoms with Crippen molar-refractivity contribution in [2.24, 2.45) is 0 Å². The van der Waals surface area contributed by atoms with Crippen LogP contribution in [0.3, 0.4) is 0 Å². The average Bonchev–Trinajstić information content (AvgIpc) is 2.48. The van der Waals surface area contributed by atoms with Crippen molar-refractivity contribution in [3.05, 3.63) is 24.3 Å². The summed E-state index contributed by atoms with van der Waals surface area (Å²) < 4.78 is 23.2. The Balaban J connectivity index is 2.19. The molecule has 1 heterocycles. The number of benzene rings is 1. The van der Waals surface area contributed by atoms with Crippen LogP contribution in [0.1, 0.15) is 27.7 Å². The Morgan fingerprint density at radius 2 is 1.44 bits per heavy atom. The van der Waals surface area contributed by atoms with Crippen molar-refractivity contribution in [1.29, 1.82) is 0 Å². The fourth-order valence-electron chi connectivity index (χ4n) is 1.80. The van der Waals surface area contributed by atoms with Crippen LogP contribution in [0.2, 0.25) is 0 Å². The molecule has 0 N–H and O–H groups in total. The fraction of sp³-hybridized carbons (Fsp3) is 0.538. The topological polar surface area (TPSA) is 41.5 Å². The van der Waals surface area contributed by atoms with E-state index < -0.39 is 11.2 Å². The van der Waals surface area contributed by atoms with Gasteiger partial charge in [-0.25, -0.2) is 0 Å². The summed E-state index contributed by atoms with van der Waals surface area (Å²) in [6.07, 6.45) is 1.67. The summed E-state index contributed by atoms with van der Waals surface area (Å²) in [5.74, 6) is 0. The third-order valence-corrected chi connectivity index (χ3v) is 4.67. The van der Waals surface area contributed by atoms with E-state index >= 15 is 0 Å². The number of hydrogen-bond acceptors (Lipinski definition) is 3. The largest absolute Gasteiger partial charge is 0.612 e. The van der Waals surface area contributed by atoms with E-state index in [1.807, 2.05) is 52.0 Å². The molecule has 1 aromatic rings. The van der Waals surface area contributed by atoms with Crippen LogP contribution in [0.5, 0.6) is 0 Å². The van der Waals surface area contributed by atoms with Crippen LogP contribution in [0.25, 0.3) is 0 Å². The lowest BCUT2D eigenvalue weighted by atomic mass is 9.79. The Kier molecular flexibility index (Phi) is 3.53. The van der Waals surface area contributed by atoms with Crippen LogP contribution >= 0.6 is 0 Å². The molecule has 0 aliphatic carbocycles. The minimum absolute atomic E-state index is 0.329. The van der Waals surface area contributed by atoms with Gasteiger partial charge in [-0.1, -0.05) is 12.1 Å². The smallest absolute Gasteiger partial charge is 0.494 e. The summed E-state index contributed by atoms with van der Waals surface area (Å²) in [4.78, 5) is 0.815. The van der Waals surface area contributed by atoms with E-state index in [0.29, 0.717) is 0 Å². The molecule has 0 saturated carbocycles. The molecular weight excluding hydrogens is 247 g/mol. The maximum absolute atomic E-state index is 11.3. The van der Waals surface area contributed by atoms with Crippen molar-refractivity contribution in [2.75, 3.05) is 6.26 Å². The standard InChI is InChI=1S/C13H19BO3S/c1-12(2)13(3,4)17-14(16-12)10-6-8-11(9-7-10)18(5)15/h6-9H,1-5H3/t18-/m1/s1. The van der Waals surface area contributed by atoms with E-state index in [0.717, 1.165) is 10.4 Å². The zero-order chi connectivity index (χ0) is 13.6. The highest BCUT2D eigenvalue weighted by Gasteiger charge is 2.51. The molecule has 1 aliphatic rings. The van der Waals surface area contributed by atoms with E-state index in [-0.39, 0.29) is 18.3 Å². The van der Waals surface area contributed by atoms with Crippen LogP contribution < -0.4 is 5.46 Å². The first-order valence-corrected chi connectivity index (χ1v) is 7.58. The molecule has 18 heavy (non-hydrogen) atoms. The second-order valence-corrected chi connectivity index (χ2v) is 6.99. The van der Waals surface area contributed by atoms with Crippen LogP contribution in [0.15, 0.2) is 29.2 Å². The van der Waals surface area contributed by atoms with Gasteiger partial charge in [-0.2, -0.15) is 0 Å². The van der Waals surface area contributed by atoms with Crippen LogP contribution in [0, 0.1) is 0 Å². The lowest BCUT2D eigenvalue weighted by Gasteiger charge is -2.32. The minimum atomic E-state index is -0.951. The van der Waals surface area contributed by atoms with E-state index in [4.69, 9.17) is 9.31 Å². The molecular formula is C13H19BO3S. The summed E-state index contributed by atoms with van der Waals surface area (Å²) in [6, 6.07) is 7.55. The lowest BCUT2D eigenvalue weighted by molar-refractivity contribution is 0.00578. The maximum atomic E-state index is 11.3. The van der Waals surface area contributed by atoms with Crippen molar-refractivity contribution < 1.29 is 13.9 Å². The Morgan fingerprint density at radius 3 is 1.83 bits per heavy atom. The number of rotatable bonds is 2. The molecule has 1 fully saturated rings. The van der Waals surface area contributed by atoms with Gasteiger partial charge >= 0.3 is 7.12 Å². The Bertz CT molecular complexity index is 412. The van der Waals surface area contributed by atoms with Gasteiger partial charge in [0, 0.05) is 0 Å². The zero-order valence-corrected chi connectivity index (χ0v) is 12.3. The molecule has 3 nitrogen and oxygen atoms in total. The number of hydrogen-bond donors (Lipinski definition) is 0. The van der Waals surface area contributed by atoms with Crippen LogP contribution in [-0.4, -0.2) is 29.1 Å². The Labute approximate surface area is 112 Å². The molecule has 1 aliphatic heterocycles. The van der Waals surface area contributed by atoms with Gasteiger partial charge in [-0.3, -0.25) is 0 Å². The van der Waals surface area contributed by atoms with Gasteiger partial charge < -0.3 is 13.9 Å². The van der Waals surface area contributed by atoms with Gasteiger partial charge in [-0.15, -0.1) is 0 Å². The maximum Gasteiger partial charge on any atom is 0.494 e. The first-order valence-electron chi connectivity index (χ1n) is 6.02. The molecule has 1 saturated heterocycles. The summed E-state index contributed by atoms with van der Waals surface area (Å²) in [7, 11) is -0.352. The highest BCUT2D eigenvalue weighted by Crippen LogP contribution is 2.36. The summed E-state index contributed by atoms with van der Waals surface area (Å²) in [5.41, 5.74) is 0.302. The van der Waals surface area contributed by atoms with Gasteiger partial charge in [0.1, 0.15) is 6.26 Å².